The van der Waals surface area contributed by atoms with Crippen LogP contribution in [0.3, 0.4) is 0 Å². The van der Waals surface area contributed by atoms with E-state index in [9.17, 15) is 4.91 Å². The van der Waals surface area contributed by atoms with Crippen LogP contribution in [0.1, 0.15) is 25.5 Å². The summed E-state index contributed by atoms with van der Waals surface area (Å²) in [6.07, 6.45) is 0. The predicted octanol–water partition coefficient (Wildman–Crippen LogP) is 1.51. The number of aromatic amines is 1. The molecule has 1 aromatic heterocycles. The first kappa shape index (κ1) is 7.71. The van der Waals surface area contributed by atoms with Crippen molar-refractivity contribution in [1.29, 1.82) is 0 Å². The lowest BCUT2D eigenvalue weighted by molar-refractivity contribution is 0.811. The minimum atomic E-state index is 0.170. The number of rotatable bonds is 2. The summed E-state index contributed by atoms with van der Waals surface area (Å²) in [6.45, 7) is 3.86. The smallest absolute Gasteiger partial charge is 0.175 e. The Bertz CT molecular complexity index is 266. The van der Waals surface area contributed by atoms with E-state index in [2.05, 4.69) is 15.4 Å². The summed E-state index contributed by atoms with van der Waals surface area (Å²) >= 11 is 0. The number of hydrogen-bond donors (Lipinski definition) is 2. The van der Waals surface area contributed by atoms with Crippen LogP contribution in [0.15, 0.2) is 5.18 Å². The Hall–Kier alpha value is -1.39. The van der Waals surface area contributed by atoms with Crippen LogP contribution in [0.5, 0.6) is 0 Å². The molecule has 0 saturated heterocycles. The lowest BCUT2D eigenvalue weighted by Gasteiger charge is -1.98. The second-order valence-electron chi connectivity index (χ2n) is 2.62. The van der Waals surface area contributed by atoms with Gasteiger partial charge in [-0.05, 0) is 11.1 Å². The van der Waals surface area contributed by atoms with Crippen LogP contribution < -0.4 is 5.73 Å². The maximum Gasteiger partial charge on any atom is 0.175 e. The third-order valence-electron chi connectivity index (χ3n) is 1.46. The summed E-state index contributed by atoms with van der Waals surface area (Å²) in [6, 6.07) is 0. The molecular weight excluding hydrogens is 144 g/mol. The van der Waals surface area contributed by atoms with Gasteiger partial charge < -0.3 is 5.73 Å². The van der Waals surface area contributed by atoms with Gasteiger partial charge in [-0.2, -0.15) is 5.10 Å². The number of aromatic nitrogens is 2. The van der Waals surface area contributed by atoms with Gasteiger partial charge in [-0.3, -0.25) is 5.10 Å². The fourth-order valence-corrected chi connectivity index (χ4v) is 0.863. The molecule has 0 fully saturated rings. The third-order valence-corrected chi connectivity index (χ3v) is 1.46. The number of anilines is 1. The maximum atomic E-state index is 10.2. The van der Waals surface area contributed by atoms with E-state index in [0.29, 0.717) is 5.69 Å². The molecule has 0 amide bonds. The van der Waals surface area contributed by atoms with E-state index in [4.69, 9.17) is 5.73 Å². The van der Waals surface area contributed by atoms with E-state index < -0.39 is 0 Å². The minimum absolute atomic E-state index is 0.170. The predicted molar refractivity (Wildman–Crippen MR) is 42.5 cm³/mol. The Morgan fingerprint density at radius 2 is 2.27 bits per heavy atom. The summed E-state index contributed by atoms with van der Waals surface area (Å²) < 4.78 is 0. The molecule has 5 nitrogen and oxygen atoms in total. The lowest BCUT2D eigenvalue weighted by Crippen LogP contribution is -1.87. The van der Waals surface area contributed by atoms with Crippen molar-refractivity contribution in [2.45, 2.75) is 19.8 Å². The molecule has 5 heteroatoms. The number of nitrogens with zero attached hydrogens (tertiary/aromatic N) is 2. The van der Waals surface area contributed by atoms with Crippen molar-refractivity contribution in [1.82, 2.24) is 10.2 Å². The van der Waals surface area contributed by atoms with Crippen LogP contribution >= 0.6 is 0 Å². The van der Waals surface area contributed by atoms with Crippen molar-refractivity contribution < 1.29 is 0 Å². The second kappa shape index (κ2) is 2.69. The van der Waals surface area contributed by atoms with E-state index in [1.807, 2.05) is 13.8 Å². The third kappa shape index (κ3) is 1.21. The molecular formula is C6H10N4O. The standard InChI is InChI=1S/C6H10N4O/c1-3(2)4-5(10-11)6(7)9-8-4/h3H,1-2H3,(H3,7,8,9). The highest BCUT2D eigenvalue weighted by Gasteiger charge is 2.13. The molecule has 0 aliphatic rings. The van der Waals surface area contributed by atoms with Crippen molar-refractivity contribution in [2.24, 2.45) is 5.18 Å². The Morgan fingerprint density at radius 3 is 2.64 bits per heavy atom. The lowest BCUT2D eigenvalue weighted by atomic mass is 10.1. The molecule has 0 unspecified atom stereocenters. The SMILES string of the molecule is CC(C)c1[nH]nc(N)c1N=O. The van der Waals surface area contributed by atoms with Gasteiger partial charge in [0, 0.05) is 0 Å². The summed E-state index contributed by atoms with van der Waals surface area (Å²) in [5, 5.41) is 9.11. The van der Waals surface area contributed by atoms with Gasteiger partial charge in [-0.25, -0.2) is 0 Å². The molecule has 1 aromatic rings. The molecule has 3 N–H and O–H groups in total. The highest BCUT2D eigenvalue weighted by Crippen LogP contribution is 2.28. The van der Waals surface area contributed by atoms with Gasteiger partial charge >= 0.3 is 0 Å². The van der Waals surface area contributed by atoms with E-state index >= 15 is 0 Å². The highest BCUT2D eigenvalue weighted by molar-refractivity contribution is 5.60. The Morgan fingerprint density at radius 1 is 1.64 bits per heavy atom. The zero-order valence-electron chi connectivity index (χ0n) is 6.46. The molecule has 0 aromatic carbocycles. The normalized spacial score (nSPS) is 10.5. The quantitative estimate of drug-likeness (QED) is 0.633. The summed E-state index contributed by atoms with van der Waals surface area (Å²) in [7, 11) is 0. The molecule has 0 saturated carbocycles. The van der Waals surface area contributed by atoms with E-state index in [-0.39, 0.29) is 17.4 Å². The van der Waals surface area contributed by atoms with Gasteiger partial charge in [0.25, 0.3) is 0 Å². The average Bonchev–Trinajstić information content (AvgIpc) is 2.30. The van der Waals surface area contributed by atoms with Gasteiger partial charge in [0.1, 0.15) is 0 Å². The maximum absolute atomic E-state index is 10.2. The van der Waals surface area contributed by atoms with Gasteiger partial charge in [-0.1, -0.05) is 13.8 Å². The van der Waals surface area contributed by atoms with Gasteiger partial charge in [-0.15, -0.1) is 4.91 Å². The molecule has 1 heterocycles. The van der Waals surface area contributed by atoms with E-state index in [1.165, 1.54) is 0 Å². The molecule has 0 radical (unpaired) electrons. The first-order chi connectivity index (χ1) is 5.16. The summed E-state index contributed by atoms with van der Waals surface area (Å²) in [4.78, 5) is 10.2. The van der Waals surface area contributed by atoms with Crippen molar-refractivity contribution in [3.63, 3.8) is 0 Å². The summed E-state index contributed by atoms with van der Waals surface area (Å²) in [5.41, 5.74) is 6.28. The Kier molecular flexibility index (Phi) is 1.89. The van der Waals surface area contributed by atoms with E-state index in [1.54, 1.807) is 0 Å². The fraction of sp³-hybridized carbons (Fsp3) is 0.500. The van der Waals surface area contributed by atoms with Crippen molar-refractivity contribution in [2.75, 3.05) is 5.73 Å². The van der Waals surface area contributed by atoms with Gasteiger partial charge in [0.2, 0.25) is 0 Å². The number of nitrogens with one attached hydrogen (secondary N) is 1. The number of nitrogen functional groups attached to an aromatic ring is 1. The van der Waals surface area contributed by atoms with Gasteiger partial charge in [0.15, 0.2) is 11.5 Å². The molecule has 0 spiro atoms. The highest BCUT2D eigenvalue weighted by atomic mass is 16.3. The molecule has 0 aliphatic carbocycles. The Labute approximate surface area is 64.0 Å². The van der Waals surface area contributed by atoms with Crippen molar-refractivity contribution in [3.05, 3.63) is 10.6 Å². The Balaban J connectivity index is 3.15. The van der Waals surface area contributed by atoms with Gasteiger partial charge in [0.05, 0.1) is 5.69 Å². The monoisotopic (exact) mass is 154 g/mol. The van der Waals surface area contributed by atoms with Crippen LogP contribution in [0.25, 0.3) is 0 Å². The molecule has 0 atom stereocenters. The largest absolute Gasteiger partial charge is 0.380 e. The molecule has 0 bridgehead atoms. The zero-order valence-corrected chi connectivity index (χ0v) is 6.46. The molecule has 11 heavy (non-hydrogen) atoms. The number of nitroso groups, excluding NO2 is 1. The minimum Gasteiger partial charge on any atom is -0.380 e. The van der Waals surface area contributed by atoms with E-state index in [0.717, 1.165) is 0 Å². The van der Waals surface area contributed by atoms with Crippen LogP contribution in [0.4, 0.5) is 11.5 Å². The molecule has 0 aliphatic heterocycles. The average molecular weight is 154 g/mol. The van der Waals surface area contributed by atoms with Crippen molar-refractivity contribution in [3.8, 4) is 0 Å². The van der Waals surface area contributed by atoms with Crippen LogP contribution in [0.2, 0.25) is 0 Å². The molecule has 60 valence electrons. The first-order valence-electron chi connectivity index (χ1n) is 3.34. The van der Waals surface area contributed by atoms with Crippen LogP contribution in [-0.4, -0.2) is 10.2 Å². The van der Waals surface area contributed by atoms with Crippen molar-refractivity contribution >= 4 is 11.5 Å². The zero-order chi connectivity index (χ0) is 8.43. The second-order valence-corrected chi connectivity index (χ2v) is 2.62. The number of nitrogens with two attached hydrogens (primary N) is 1. The fourth-order valence-electron chi connectivity index (χ4n) is 0.863. The number of H-pyrrole nitrogens is 1. The topological polar surface area (TPSA) is 84.1 Å². The first-order valence-corrected chi connectivity index (χ1v) is 3.34. The summed E-state index contributed by atoms with van der Waals surface area (Å²) in [5.74, 6) is 0.358. The van der Waals surface area contributed by atoms with Crippen LogP contribution in [-0.2, 0) is 0 Å². The number of hydrogen-bond acceptors (Lipinski definition) is 4. The molecule has 1 rings (SSSR count). The van der Waals surface area contributed by atoms with Crippen LogP contribution in [0, 0.1) is 4.91 Å².